The molecule has 18 heavy (non-hydrogen) atoms. The maximum absolute atomic E-state index is 5.82. The first kappa shape index (κ1) is 13.4. The largest absolute Gasteiger partial charge is 0.374 e. The minimum atomic E-state index is 0.171. The number of benzene rings is 1. The molecule has 2 heteroatoms. The predicted octanol–water partition coefficient (Wildman–Crippen LogP) is 2.99. The number of anilines is 1. The van der Waals surface area contributed by atoms with Crippen LogP contribution in [0.1, 0.15) is 37.8 Å². The Morgan fingerprint density at radius 3 is 2.50 bits per heavy atom. The highest BCUT2D eigenvalue weighted by Crippen LogP contribution is 2.27. The van der Waals surface area contributed by atoms with E-state index in [4.69, 9.17) is 5.73 Å². The molecular formula is C16H26N2. The molecule has 2 N–H and O–H groups in total. The number of fused-ring (bicyclic) bond motifs is 1. The van der Waals surface area contributed by atoms with Gasteiger partial charge in [0.15, 0.2) is 0 Å². The van der Waals surface area contributed by atoms with Crippen molar-refractivity contribution >= 4 is 5.69 Å². The quantitative estimate of drug-likeness (QED) is 0.885. The molecular weight excluding hydrogens is 220 g/mol. The van der Waals surface area contributed by atoms with E-state index in [2.05, 4.69) is 44.0 Å². The van der Waals surface area contributed by atoms with Gasteiger partial charge in [-0.3, -0.25) is 0 Å². The topological polar surface area (TPSA) is 29.3 Å². The van der Waals surface area contributed by atoms with E-state index < -0.39 is 0 Å². The van der Waals surface area contributed by atoms with Crippen LogP contribution in [0.15, 0.2) is 18.2 Å². The zero-order valence-corrected chi connectivity index (χ0v) is 12.0. The fraction of sp³-hybridized carbons (Fsp3) is 0.625. The summed E-state index contributed by atoms with van der Waals surface area (Å²) in [5, 5.41) is 0. The first-order valence-corrected chi connectivity index (χ1v) is 7.05. The Morgan fingerprint density at radius 2 is 1.83 bits per heavy atom. The molecule has 0 saturated carbocycles. The Balaban J connectivity index is 2.13. The average Bonchev–Trinajstić information content (AvgIpc) is 2.37. The fourth-order valence-corrected chi connectivity index (χ4v) is 2.76. The highest BCUT2D eigenvalue weighted by molar-refractivity contribution is 5.51. The third kappa shape index (κ3) is 3.05. The van der Waals surface area contributed by atoms with E-state index in [0.29, 0.717) is 0 Å². The molecule has 0 atom stereocenters. The van der Waals surface area contributed by atoms with Crippen LogP contribution >= 0.6 is 0 Å². The fourth-order valence-electron chi connectivity index (χ4n) is 2.76. The molecule has 100 valence electrons. The SMILES string of the molecule is CN(CC(C)(C)CN)c1ccc2c(c1)CCCC2. The van der Waals surface area contributed by atoms with Crippen LogP contribution in [0.3, 0.4) is 0 Å². The van der Waals surface area contributed by atoms with Gasteiger partial charge in [0.25, 0.3) is 0 Å². The molecule has 1 aliphatic carbocycles. The molecule has 0 spiro atoms. The third-order valence-corrected chi connectivity index (χ3v) is 3.99. The Bertz CT molecular complexity index is 410. The summed E-state index contributed by atoms with van der Waals surface area (Å²) in [6.45, 7) is 6.17. The standard InChI is InChI=1S/C16H26N2/c1-16(2,11-17)12-18(3)15-9-8-13-6-4-5-7-14(13)10-15/h8-10H,4-7,11-12,17H2,1-3H3. The summed E-state index contributed by atoms with van der Waals surface area (Å²) in [6, 6.07) is 6.95. The summed E-state index contributed by atoms with van der Waals surface area (Å²) >= 11 is 0. The van der Waals surface area contributed by atoms with E-state index in [-0.39, 0.29) is 5.41 Å². The first-order chi connectivity index (χ1) is 8.52. The second kappa shape index (κ2) is 5.31. The summed E-state index contributed by atoms with van der Waals surface area (Å²) < 4.78 is 0. The van der Waals surface area contributed by atoms with Gasteiger partial charge in [0.05, 0.1) is 0 Å². The van der Waals surface area contributed by atoms with Gasteiger partial charge in [0, 0.05) is 19.3 Å². The van der Waals surface area contributed by atoms with Crippen LogP contribution in [-0.2, 0) is 12.8 Å². The van der Waals surface area contributed by atoms with E-state index in [0.717, 1.165) is 13.1 Å². The second-order valence-electron chi connectivity index (χ2n) is 6.38. The molecule has 0 heterocycles. The van der Waals surface area contributed by atoms with Gasteiger partial charge in [-0.25, -0.2) is 0 Å². The highest BCUT2D eigenvalue weighted by Gasteiger charge is 2.19. The lowest BCUT2D eigenvalue weighted by atomic mass is 9.90. The lowest BCUT2D eigenvalue weighted by Crippen LogP contribution is -2.36. The molecule has 1 aromatic rings. The molecule has 0 aliphatic heterocycles. The van der Waals surface area contributed by atoms with Crippen LogP contribution in [0.2, 0.25) is 0 Å². The van der Waals surface area contributed by atoms with Gasteiger partial charge in [-0.05, 0) is 60.9 Å². The molecule has 0 aromatic heterocycles. The molecule has 0 unspecified atom stereocenters. The molecule has 2 nitrogen and oxygen atoms in total. The summed E-state index contributed by atoms with van der Waals surface area (Å²) in [5.74, 6) is 0. The summed E-state index contributed by atoms with van der Waals surface area (Å²) in [6.07, 6.45) is 5.20. The van der Waals surface area contributed by atoms with Crippen LogP contribution < -0.4 is 10.6 Å². The van der Waals surface area contributed by atoms with Gasteiger partial charge in [-0.1, -0.05) is 19.9 Å². The lowest BCUT2D eigenvalue weighted by molar-refractivity contribution is 0.385. The molecule has 0 bridgehead atoms. The number of nitrogens with zero attached hydrogens (tertiary/aromatic N) is 1. The van der Waals surface area contributed by atoms with Gasteiger partial charge in [0.1, 0.15) is 0 Å². The molecule has 0 amide bonds. The van der Waals surface area contributed by atoms with Crippen LogP contribution in [0.4, 0.5) is 5.69 Å². The molecule has 2 rings (SSSR count). The van der Waals surface area contributed by atoms with Crippen molar-refractivity contribution in [1.29, 1.82) is 0 Å². The smallest absolute Gasteiger partial charge is 0.0366 e. The monoisotopic (exact) mass is 246 g/mol. The maximum Gasteiger partial charge on any atom is 0.0366 e. The minimum Gasteiger partial charge on any atom is -0.374 e. The normalized spacial score (nSPS) is 15.3. The second-order valence-corrected chi connectivity index (χ2v) is 6.38. The van der Waals surface area contributed by atoms with E-state index in [9.17, 15) is 0 Å². The number of nitrogens with two attached hydrogens (primary N) is 1. The van der Waals surface area contributed by atoms with Gasteiger partial charge in [-0.2, -0.15) is 0 Å². The van der Waals surface area contributed by atoms with E-state index in [1.807, 2.05) is 0 Å². The van der Waals surface area contributed by atoms with E-state index in [1.165, 1.54) is 31.4 Å². The van der Waals surface area contributed by atoms with Crippen LogP contribution in [0, 0.1) is 5.41 Å². The van der Waals surface area contributed by atoms with Crippen molar-refractivity contribution in [1.82, 2.24) is 0 Å². The summed E-state index contributed by atoms with van der Waals surface area (Å²) in [4.78, 5) is 2.34. The number of rotatable bonds is 4. The minimum absolute atomic E-state index is 0.171. The maximum atomic E-state index is 5.82. The first-order valence-electron chi connectivity index (χ1n) is 7.05. The zero-order chi connectivity index (χ0) is 13.2. The van der Waals surface area contributed by atoms with Crippen LogP contribution in [0.5, 0.6) is 0 Å². The van der Waals surface area contributed by atoms with Gasteiger partial charge in [-0.15, -0.1) is 0 Å². The van der Waals surface area contributed by atoms with E-state index >= 15 is 0 Å². The Morgan fingerprint density at radius 1 is 1.17 bits per heavy atom. The molecule has 0 saturated heterocycles. The Kier molecular flexibility index (Phi) is 3.96. The zero-order valence-electron chi connectivity index (χ0n) is 12.0. The number of hydrogen-bond donors (Lipinski definition) is 1. The van der Waals surface area contributed by atoms with Crippen molar-refractivity contribution in [2.75, 3.05) is 25.0 Å². The predicted molar refractivity (Wildman–Crippen MR) is 79.2 cm³/mol. The number of hydrogen-bond acceptors (Lipinski definition) is 2. The third-order valence-electron chi connectivity index (χ3n) is 3.99. The van der Waals surface area contributed by atoms with E-state index in [1.54, 1.807) is 11.1 Å². The van der Waals surface area contributed by atoms with Crippen molar-refractivity contribution in [2.24, 2.45) is 11.1 Å². The van der Waals surface area contributed by atoms with Crippen molar-refractivity contribution < 1.29 is 0 Å². The van der Waals surface area contributed by atoms with Crippen LogP contribution in [-0.4, -0.2) is 20.1 Å². The molecule has 1 aromatic carbocycles. The van der Waals surface area contributed by atoms with Gasteiger partial charge >= 0.3 is 0 Å². The van der Waals surface area contributed by atoms with Gasteiger partial charge < -0.3 is 10.6 Å². The molecule has 1 aliphatic rings. The van der Waals surface area contributed by atoms with Crippen molar-refractivity contribution in [2.45, 2.75) is 39.5 Å². The van der Waals surface area contributed by atoms with Crippen molar-refractivity contribution in [3.63, 3.8) is 0 Å². The summed E-state index contributed by atoms with van der Waals surface area (Å²) in [5.41, 5.74) is 10.4. The highest BCUT2D eigenvalue weighted by atomic mass is 15.1. The Hall–Kier alpha value is -1.02. The molecule has 0 radical (unpaired) electrons. The van der Waals surface area contributed by atoms with Crippen molar-refractivity contribution in [3.05, 3.63) is 29.3 Å². The number of aryl methyl sites for hydroxylation is 2. The Labute approximate surface area is 111 Å². The average molecular weight is 246 g/mol. The lowest BCUT2D eigenvalue weighted by Gasteiger charge is -2.31. The van der Waals surface area contributed by atoms with Crippen LogP contribution in [0.25, 0.3) is 0 Å². The summed E-state index contributed by atoms with van der Waals surface area (Å²) in [7, 11) is 2.17. The van der Waals surface area contributed by atoms with Crippen molar-refractivity contribution in [3.8, 4) is 0 Å². The van der Waals surface area contributed by atoms with Gasteiger partial charge in [0.2, 0.25) is 0 Å². The molecule has 0 fully saturated rings.